The molecule has 0 saturated heterocycles. The van der Waals surface area contributed by atoms with Gasteiger partial charge in [-0.1, -0.05) is 23.7 Å². The number of urea groups is 1. The number of rotatable bonds is 5. The van der Waals surface area contributed by atoms with Crippen LogP contribution in [0.15, 0.2) is 42.5 Å². The first-order chi connectivity index (χ1) is 12.6. The Bertz CT molecular complexity index is 826. The molecule has 10 heteroatoms. The summed E-state index contributed by atoms with van der Waals surface area (Å²) < 4.78 is 51.1. The van der Waals surface area contributed by atoms with Crippen LogP contribution in [0.2, 0.25) is 5.02 Å². The number of nitrogens with one attached hydrogen (secondary N) is 3. The highest BCUT2D eigenvalue weighted by Gasteiger charge is 2.33. The molecule has 0 aromatic heterocycles. The fourth-order valence-electron chi connectivity index (χ4n) is 2.03. The lowest BCUT2D eigenvalue weighted by atomic mass is 10.2. The van der Waals surface area contributed by atoms with Gasteiger partial charge in [0.25, 0.3) is 0 Å². The molecule has 0 heterocycles. The van der Waals surface area contributed by atoms with Gasteiger partial charge in [-0.25, -0.2) is 9.18 Å². The number of alkyl halides is 3. The number of carbonyl (C=O) groups is 2. The summed E-state index contributed by atoms with van der Waals surface area (Å²) >= 11 is 5.50. The lowest BCUT2D eigenvalue weighted by molar-refractivity contribution is -0.137. The average molecular weight is 404 g/mol. The van der Waals surface area contributed by atoms with E-state index in [4.69, 9.17) is 11.6 Å². The third-order valence-electron chi connectivity index (χ3n) is 3.33. The molecule has 2 aromatic rings. The molecule has 0 bridgehead atoms. The Hall–Kier alpha value is -2.81. The summed E-state index contributed by atoms with van der Waals surface area (Å²) in [5.74, 6) is -1.13. The van der Waals surface area contributed by atoms with Crippen LogP contribution in [0.1, 0.15) is 11.1 Å². The lowest BCUT2D eigenvalue weighted by Gasteiger charge is -2.12. The molecule has 0 radical (unpaired) electrons. The van der Waals surface area contributed by atoms with Crippen molar-refractivity contribution >= 4 is 29.2 Å². The second kappa shape index (κ2) is 8.72. The normalized spacial score (nSPS) is 11.0. The third-order valence-corrected chi connectivity index (χ3v) is 3.66. The Labute approximate surface area is 156 Å². The van der Waals surface area contributed by atoms with Crippen LogP contribution in [-0.2, 0) is 17.5 Å². The zero-order valence-electron chi connectivity index (χ0n) is 13.7. The fraction of sp³-hybridized carbons (Fsp3) is 0.176. The molecule has 3 N–H and O–H groups in total. The van der Waals surface area contributed by atoms with Crippen LogP contribution >= 0.6 is 11.6 Å². The molecule has 2 rings (SSSR count). The molecule has 0 spiro atoms. The van der Waals surface area contributed by atoms with Gasteiger partial charge in [-0.05, 0) is 35.9 Å². The second-order valence-corrected chi connectivity index (χ2v) is 5.81. The minimum atomic E-state index is -4.66. The maximum absolute atomic E-state index is 12.8. The predicted molar refractivity (Wildman–Crippen MR) is 91.7 cm³/mol. The standard InChI is InChI=1S/C17H14ClF4N3O2/c18-14-6-5-12(7-13(14)17(20,21)22)25-15(26)9-24-16(27)23-8-10-1-3-11(19)4-2-10/h1-7H,8-9H2,(H,25,26)(H2,23,24,27). The first-order valence-corrected chi connectivity index (χ1v) is 7.95. The van der Waals surface area contributed by atoms with Crippen LogP contribution in [0.25, 0.3) is 0 Å². The average Bonchev–Trinajstić information content (AvgIpc) is 2.60. The topological polar surface area (TPSA) is 70.2 Å². The van der Waals surface area contributed by atoms with Gasteiger partial charge in [0.05, 0.1) is 17.1 Å². The summed E-state index contributed by atoms with van der Waals surface area (Å²) in [4.78, 5) is 23.4. The molecule has 5 nitrogen and oxygen atoms in total. The maximum Gasteiger partial charge on any atom is 0.417 e. The highest BCUT2D eigenvalue weighted by Crippen LogP contribution is 2.36. The summed E-state index contributed by atoms with van der Waals surface area (Å²) in [5, 5.41) is 6.46. The summed E-state index contributed by atoms with van der Waals surface area (Å²) in [6, 6.07) is 7.72. The van der Waals surface area contributed by atoms with Crippen LogP contribution in [-0.4, -0.2) is 18.5 Å². The van der Waals surface area contributed by atoms with Crippen molar-refractivity contribution in [1.82, 2.24) is 10.6 Å². The highest BCUT2D eigenvalue weighted by atomic mass is 35.5. The number of carbonyl (C=O) groups excluding carboxylic acids is 2. The quantitative estimate of drug-likeness (QED) is 0.662. The first-order valence-electron chi connectivity index (χ1n) is 7.58. The summed E-state index contributed by atoms with van der Waals surface area (Å²) in [7, 11) is 0. The molecule has 0 fully saturated rings. The van der Waals surface area contributed by atoms with Gasteiger partial charge >= 0.3 is 12.2 Å². The molecule has 0 aliphatic rings. The van der Waals surface area contributed by atoms with Gasteiger partial charge in [-0.2, -0.15) is 13.2 Å². The lowest BCUT2D eigenvalue weighted by Crippen LogP contribution is -2.39. The Kier molecular flexibility index (Phi) is 6.62. The van der Waals surface area contributed by atoms with E-state index in [0.717, 1.165) is 6.07 Å². The number of amides is 3. The van der Waals surface area contributed by atoms with Crippen molar-refractivity contribution in [3.05, 3.63) is 64.4 Å². The molecular formula is C17H14ClF4N3O2. The molecule has 2 aromatic carbocycles. The maximum atomic E-state index is 12.8. The van der Waals surface area contributed by atoms with Crippen LogP contribution < -0.4 is 16.0 Å². The number of anilines is 1. The van der Waals surface area contributed by atoms with Gasteiger partial charge in [-0.15, -0.1) is 0 Å². The number of hydrogen-bond acceptors (Lipinski definition) is 2. The minimum Gasteiger partial charge on any atom is -0.334 e. The van der Waals surface area contributed by atoms with Gasteiger partial charge in [0, 0.05) is 12.2 Å². The van der Waals surface area contributed by atoms with Gasteiger partial charge in [-0.3, -0.25) is 4.79 Å². The van der Waals surface area contributed by atoms with E-state index in [-0.39, 0.29) is 12.2 Å². The molecule has 0 aliphatic carbocycles. The van der Waals surface area contributed by atoms with Crippen LogP contribution in [0.4, 0.5) is 28.0 Å². The number of halogens is 5. The van der Waals surface area contributed by atoms with E-state index in [9.17, 15) is 27.2 Å². The smallest absolute Gasteiger partial charge is 0.334 e. The van der Waals surface area contributed by atoms with E-state index in [2.05, 4.69) is 16.0 Å². The molecule has 144 valence electrons. The Morgan fingerprint density at radius 1 is 1.00 bits per heavy atom. The Morgan fingerprint density at radius 3 is 2.30 bits per heavy atom. The molecule has 0 aliphatic heterocycles. The van der Waals surface area contributed by atoms with E-state index < -0.39 is 41.1 Å². The monoisotopic (exact) mass is 403 g/mol. The van der Waals surface area contributed by atoms with Crippen LogP contribution in [0.5, 0.6) is 0 Å². The minimum absolute atomic E-state index is 0.106. The van der Waals surface area contributed by atoms with Gasteiger partial charge < -0.3 is 16.0 Å². The van der Waals surface area contributed by atoms with Crippen LogP contribution in [0.3, 0.4) is 0 Å². The summed E-state index contributed by atoms with van der Waals surface area (Å²) in [6.07, 6.45) is -4.66. The van der Waals surface area contributed by atoms with E-state index in [0.29, 0.717) is 11.6 Å². The Balaban J connectivity index is 1.82. The van der Waals surface area contributed by atoms with E-state index in [1.165, 1.54) is 30.3 Å². The van der Waals surface area contributed by atoms with E-state index >= 15 is 0 Å². The van der Waals surface area contributed by atoms with Crippen molar-refractivity contribution in [3.8, 4) is 0 Å². The van der Waals surface area contributed by atoms with Gasteiger partial charge in [0.15, 0.2) is 0 Å². The SMILES string of the molecule is O=C(CNC(=O)NCc1ccc(F)cc1)Nc1ccc(Cl)c(C(F)(F)F)c1. The van der Waals surface area contributed by atoms with Crippen molar-refractivity contribution in [2.24, 2.45) is 0 Å². The molecule has 0 saturated carbocycles. The molecule has 0 unspecified atom stereocenters. The Morgan fingerprint density at radius 2 is 1.67 bits per heavy atom. The fourth-order valence-corrected chi connectivity index (χ4v) is 2.26. The van der Waals surface area contributed by atoms with Crippen molar-refractivity contribution in [2.45, 2.75) is 12.7 Å². The molecule has 27 heavy (non-hydrogen) atoms. The largest absolute Gasteiger partial charge is 0.417 e. The summed E-state index contributed by atoms with van der Waals surface area (Å²) in [6.45, 7) is -0.348. The zero-order chi connectivity index (χ0) is 20.0. The van der Waals surface area contributed by atoms with Crippen LogP contribution in [0, 0.1) is 5.82 Å². The third kappa shape index (κ3) is 6.45. The van der Waals surface area contributed by atoms with Gasteiger partial charge in [0.1, 0.15) is 5.82 Å². The second-order valence-electron chi connectivity index (χ2n) is 5.40. The van der Waals surface area contributed by atoms with Crippen molar-refractivity contribution < 1.29 is 27.2 Å². The first kappa shape index (κ1) is 20.5. The molecular weight excluding hydrogens is 390 g/mol. The van der Waals surface area contributed by atoms with Crippen molar-refractivity contribution in [3.63, 3.8) is 0 Å². The predicted octanol–water partition coefficient (Wildman–Crippen LogP) is 3.94. The van der Waals surface area contributed by atoms with E-state index in [1.54, 1.807) is 0 Å². The summed E-state index contributed by atoms with van der Waals surface area (Å²) in [5.41, 5.74) is -0.533. The van der Waals surface area contributed by atoms with Crippen molar-refractivity contribution in [1.29, 1.82) is 0 Å². The number of hydrogen-bond donors (Lipinski definition) is 3. The molecule has 0 atom stereocenters. The van der Waals surface area contributed by atoms with Crippen molar-refractivity contribution in [2.75, 3.05) is 11.9 Å². The highest BCUT2D eigenvalue weighted by molar-refractivity contribution is 6.31. The van der Waals surface area contributed by atoms with E-state index in [1.807, 2.05) is 0 Å². The molecule has 3 amide bonds. The zero-order valence-corrected chi connectivity index (χ0v) is 14.4. The number of benzene rings is 2. The van der Waals surface area contributed by atoms with Gasteiger partial charge in [0.2, 0.25) is 5.91 Å².